The lowest BCUT2D eigenvalue weighted by atomic mass is 10.5. The van der Waals surface area contributed by atoms with Crippen molar-refractivity contribution in [1.82, 2.24) is 0 Å². The first-order chi connectivity index (χ1) is 4.89. The molecule has 1 aromatic heterocycles. The highest BCUT2D eigenvalue weighted by atomic mass is 32.9. The van der Waals surface area contributed by atoms with Crippen molar-refractivity contribution in [2.24, 2.45) is 0 Å². The molecule has 0 radical (unpaired) electrons. The minimum atomic E-state index is -4.92. The van der Waals surface area contributed by atoms with Crippen LogP contribution in [0.25, 0.3) is 0 Å². The molecule has 0 atom stereocenters. The van der Waals surface area contributed by atoms with E-state index in [2.05, 4.69) is 17.7 Å². The lowest BCUT2D eigenvalue weighted by molar-refractivity contribution is 0.366. The van der Waals surface area contributed by atoms with Gasteiger partial charge in [-0.15, -0.1) is 0 Å². The number of hydrogen-bond acceptors (Lipinski definition) is 4. The molecule has 64 valence electrons. The van der Waals surface area contributed by atoms with E-state index in [-0.39, 0.29) is 0 Å². The molecular formula is C4H6O4S3. The molecule has 0 aliphatic carbocycles. The summed E-state index contributed by atoms with van der Waals surface area (Å²) in [5.74, 6) is 0. The molecule has 0 spiro atoms. The Bertz CT molecular complexity index is 266. The molecule has 0 bridgehead atoms. The molecule has 0 fully saturated rings. The summed E-state index contributed by atoms with van der Waals surface area (Å²) < 4.78 is 32.8. The van der Waals surface area contributed by atoms with Crippen molar-refractivity contribution < 1.29 is 17.5 Å². The summed E-state index contributed by atoms with van der Waals surface area (Å²) in [7, 11) is -1.35. The van der Waals surface area contributed by atoms with E-state index in [1.54, 1.807) is 20.7 Å². The van der Waals surface area contributed by atoms with Crippen molar-refractivity contribution in [3.63, 3.8) is 0 Å². The summed E-state index contributed by atoms with van der Waals surface area (Å²) in [5, 5.41) is 4.29. The molecule has 4 nitrogen and oxygen atoms in total. The largest absolute Gasteiger partial charge is 0.726 e. The van der Waals surface area contributed by atoms with Gasteiger partial charge < -0.3 is 4.55 Å². The Morgan fingerprint density at radius 1 is 1.73 bits per heavy atom. The van der Waals surface area contributed by atoms with Crippen LogP contribution in [-0.4, -0.2) is 17.5 Å². The molecule has 0 saturated heterocycles. The Kier molecular flexibility index (Phi) is 4.69. The Morgan fingerprint density at radius 3 is 2.27 bits per heavy atom. The summed E-state index contributed by atoms with van der Waals surface area (Å²) in [6.45, 7) is 2.10. The summed E-state index contributed by atoms with van der Waals surface area (Å²) in [6.07, 6.45) is 0. The van der Waals surface area contributed by atoms with Crippen molar-refractivity contribution in [2.45, 2.75) is 6.92 Å². The molecule has 0 aliphatic heterocycles. The lowest BCUT2D eigenvalue weighted by Gasteiger charge is -1.88. The molecule has 0 saturated carbocycles. The molecule has 0 unspecified atom stereocenters. The third-order valence-corrected chi connectivity index (χ3v) is 2.48. The molecule has 1 aromatic rings. The molecule has 0 aromatic carbocycles. The summed E-state index contributed by atoms with van der Waals surface area (Å²) >= 11 is 0. The maximum Gasteiger partial charge on any atom is 0.291 e. The van der Waals surface area contributed by atoms with Crippen molar-refractivity contribution >= 4 is 31.1 Å². The van der Waals surface area contributed by atoms with E-state index in [9.17, 15) is 0 Å². The Morgan fingerprint density at radius 2 is 2.18 bits per heavy atom. The molecular weight excluding hydrogens is 208 g/mol. The topological polar surface area (TPSA) is 77.4 Å². The van der Waals surface area contributed by atoms with Gasteiger partial charge in [-0.2, -0.15) is 0 Å². The first kappa shape index (κ1) is 10.9. The van der Waals surface area contributed by atoms with Crippen LogP contribution in [0.2, 0.25) is 0 Å². The average molecular weight is 214 g/mol. The maximum absolute atomic E-state index is 8.63. The first-order valence-electron chi connectivity index (χ1n) is 2.40. The zero-order valence-corrected chi connectivity index (χ0v) is 8.00. The fourth-order valence-corrected chi connectivity index (χ4v) is 2.12. The van der Waals surface area contributed by atoms with E-state index < -0.39 is 10.4 Å². The minimum absolute atomic E-state index is 1.38. The van der Waals surface area contributed by atoms with Crippen LogP contribution in [0.5, 0.6) is 0 Å². The molecule has 1 rings (SSSR count). The predicted molar refractivity (Wildman–Crippen MR) is 43.7 cm³/mol. The van der Waals surface area contributed by atoms with Gasteiger partial charge in [0.15, 0.2) is 10.3 Å². The van der Waals surface area contributed by atoms with Crippen LogP contribution >= 0.6 is 20.7 Å². The van der Waals surface area contributed by atoms with E-state index in [0.717, 1.165) is 0 Å². The zero-order valence-electron chi connectivity index (χ0n) is 5.55. The Balaban J connectivity index is 0.000000187. The summed E-state index contributed by atoms with van der Waals surface area (Å²) in [6, 6.07) is 0. The molecule has 11 heavy (non-hydrogen) atoms. The van der Waals surface area contributed by atoms with Crippen molar-refractivity contribution in [3.8, 4) is 0 Å². The number of hydrogen-bond donors (Lipinski definition) is 1. The van der Waals surface area contributed by atoms with Gasteiger partial charge in [-0.3, -0.25) is 4.55 Å². The van der Waals surface area contributed by atoms with Gasteiger partial charge in [-0.05, 0) is 6.92 Å². The predicted octanol–water partition coefficient (Wildman–Crippen LogP) is 1.40. The quantitative estimate of drug-likeness (QED) is 0.306. The van der Waals surface area contributed by atoms with E-state index in [0.29, 0.717) is 0 Å². The van der Waals surface area contributed by atoms with Crippen molar-refractivity contribution in [2.75, 3.05) is 0 Å². The van der Waals surface area contributed by atoms with Crippen LogP contribution in [0, 0.1) is 6.92 Å². The van der Waals surface area contributed by atoms with Crippen molar-refractivity contribution in [1.29, 1.82) is 0 Å². The van der Waals surface area contributed by atoms with Gasteiger partial charge in [0.2, 0.25) is 15.8 Å². The number of rotatable bonds is 0. The third kappa shape index (κ3) is 13.0. The van der Waals surface area contributed by atoms with E-state index >= 15 is 0 Å². The van der Waals surface area contributed by atoms with Gasteiger partial charge in [0.05, 0.1) is 5.38 Å². The minimum Gasteiger partial charge on any atom is -0.726 e. The normalized spacial score (nSPS) is 10.1. The molecule has 0 aliphatic rings. The summed E-state index contributed by atoms with van der Waals surface area (Å²) in [5.41, 5.74) is 1.38. The molecule has 7 heteroatoms. The monoisotopic (exact) mass is 214 g/mol. The Hall–Kier alpha value is -0.0800. The van der Waals surface area contributed by atoms with Crippen LogP contribution in [0.4, 0.5) is 0 Å². The van der Waals surface area contributed by atoms with Gasteiger partial charge >= 0.3 is 0 Å². The SMILES string of the molecule is Cc1cs[s+]c1.O=S(=O)([O-])O. The van der Waals surface area contributed by atoms with Crippen LogP contribution in [-0.2, 0) is 10.4 Å². The standard InChI is InChI=1S/C4H5S2.H2O4S/c1-4-2-5-6-3-4;1-5(2,3)4/h2-3H,1H3;(H2,1,2,3,4)/q+1;/p-1. The van der Waals surface area contributed by atoms with Crippen molar-refractivity contribution in [3.05, 3.63) is 16.3 Å². The molecule has 1 N–H and O–H groups in total. The molecule has 0 amide bonds. The van der Waals surface area contributed by atoms with Crippen LogP contribution in [0.3, 0.4) is 0 Å². The van der Waals surface area contributed by atoms with Gasteiger partial charge in [0, 0.05) is 5.56 Å². The second-order valence-corrected chi connectivity index (χ2v) is 4.47. The Labute approximate surface area is 72.1 Å². The van der Waals surface area contributed by atoms with Crippen LogP contribution < -0.4 is 0 Å². The fourth-order valence-electron chi connectivity index (χ4n) is 0.235. The smallest absolute Gasteiger partial charge is 0.291 e. The average Bonchev–Trinajstić information content (AvgIpc) is 2.12. The van der Waals surface area contributed by atoms with Gasteiger partial charge in [-0.25, -0.2) is 8.42 Å². The van der Waals surface area contributed by atoms with Gasteiger partial charge in [0.25, 0.3) is 10.3 Å². The number of aryl methyl sites for hydroxylation is 1. The fraction of sp³-hybridized carbons (Fsp3) is 0.250. The second-order valence-electron chi connectivity index (χ2n) is 1.60. The summed E-state index contributed by atoms with van der Waals surface area (Å²) in [4.78, 5) is 0. The second kappa shape index (κ2) is 4.73. The van der Waals surface area contributed by atoms with Gasteiger partial charge in [-0.1, -0.05) is 0 Å². The lowest BCUT2D eigenvalue weighted by Crippen LogP contribution is -1.90. The molecule has 1 heterocycles. The highest BCUT2D eigenvalue weighted by molar-refractivity contribution is 7.79. The van der Waals surface area contributed by atoms with E-state index in [1.165, 1.54) is 5.56 Å². The highest BCUT2D eigenvalue weighted by Gasteiger charge is 1.90. The highest BCUT2D eigenvalue weighted by Crippen LogP contribution is 2.10. The van der Waals surface area contributed by atoms with E-state index in [1.807, 2.05) is 0 Å². The maximum atomic E-state index is 8.63. The van der Waals surface area contributed by atoms with E-state index in [4.69, 9.17) is 17.5 Å². The van der Waals surface area contributed by atoms with Crippen LogP contribution in [0.1, 0.15) is 5.56 Å². The first-order valence-corrected chi connectivity index (χ1v) is 6.04. The van der Waals surface area contributed by atoms with Gasteiger partial charge in [0.1, 0.15) is 0 Å². The van der Waals surface area contributed by atoms with Crippen LogP contribution in [0.15, 0.2) is 10.8 Å². The zero-order chi connectivity index (χ0) is 8.91. The third-order valence-electron chi connectivity index (χ3n) is 0.524.